The molecule has 1 atom stereocenters. The molecule has 7 nitrogen and oxygen atoms in total. The van der Waals surface area contributed by atoms with E-state index in [4.69, 9.17) is 5.73 Å². The lowest BCUT2D eigenvalue weighted by molar-refractivity contribution is 0.373. The van der Waals surface area contributed by atoms with E-state index in [1.807, 2.05) is 18.5 Å². The standard InChI is InChI=1S/C17H27N7S/c1-22(2)9-10-23-8-6-19-16(23)13-5-4-7-24(12-13)15-11-14(18)20-17(21-15)25-3/h6,8,11,13H,4-5,7,9-10,12H2,1-3H3,(H2,18,20,21). The van der Waals surface area contributed by atoms with E-state index in [2.05, 4.69) is 49.6 Å². The third-order valence-corrected chi connectivity index (χ3v) is 5.09. The van der Waals surface area contributed by atoms with E-state index in [9.17, 15) is 0 Å². The Hall–Kier alpha value is -1.80. The van der Waals surface area contributed by atoms with E-state index in [0.717, 1.165) is 50.0 Å². The van der Waals surface area contributed by atoms with Crippen molar-refractivity contribution in [3.8, 4) is 0 Å². The molecule has 0 saturated carbocycles. The minimum absolute atomic E-state index is 0.417. The summed E-state index contributed by atoms with van der Waals surface area (Å²) >= 11 is 1.52. The molecule has 2 aromatic rings. The number of nitrogens with two attached hydrogens (primary N) is 1. The molecule has 0 aliphatic carbocycles. The van der Waals surface area contributed by atoms with E-state index >= 15 is 0 Å². The molecule has 1 aliphatic heterocycles. The highest BCUT2D eigenvalue weighted by Gasteiger charge is 2.26. The Bertz CT molecular complexity index is 700. The number of piperidine rings is 1. The zero-order valence-electron chi connectivity index (χ0n) is 15.2. The number of hydrogen-bond acceptors (Lipinski definition) is 7. The van der Waals surface area contributed by atoms with Crippen molar-refractivity contribution in [1.82, 2.24) is 24.4 Å². The van der Waals surface area contributed by atoms with Gasteiger partial charge in [-0.3, -0.25) is 0 Å². The van der Waals surface area contributed by atoms with Crippen LogP contribution in [0.25, 0.3) is 0 Å². The maximum atomic E-state index is 5.95. The second-order valence-corrected chi connectivity index (χ2v) is 7.48. The highest BCUT2D eigenvalue weighted by Crippen LogP contribution is 2.29. The molecule has 2 N–H and O–H groups in total. The SMILES string of the molecule is CSc1nc(N)cc(N2CCCC(c3nccn3CCN(C)C)C2)n1. The van der Waals surface area contributed by atoms with Crippen molar-refractivity contribution in [3.05, 3.63) is 24.3 Å². The normalized spacial score (nSPS) is 18.1. The van der Waals surface area contributed by atoms with Gasteiger partial charge < -0.3 is 20.1 Å². The van der Waals surface area contributed by atoms with Crippen LogP contribution < -0.4 is 10.6 Å². The maximum absolute atomic E-state index is 5.95. The Kier molecular flexibility index (Phi) is 5.80. The molecule has 1 fully saturated rings. The Balaban J connectivity index is 1.76. The third-order valence-electron chi connectivity index (χ3n) is 4.54. The molecule has 25 heavy (non-hydrogen) atoms. The molecule has 0 aromatic carbocycles. The fraction of sp³-hybridized carbons (Fsp3) is 0.588. The Morgan fingerprint density at radius 3 is 2.96 bits per heavy atom. The summed E-state index contributed by atoms with van der Waals surface area (Å²) in [5.41, 5.74) is 5.95. The molecule has 3 heterocycles. The van der Waals surface area contributed by atoms with Crippen LogP contribution in [-0.4, -0.2) is 64.4 Å². The molecule has 0 radical (unpaired) electrons. The van der Waals surface area contributed by atoms with Crippen LogP contribution in [0.15, 0.2) is 23.6 Å². The van der Waals surface area contributed by atoms with Crippen molar-refractivity contribution in [3.63, 3.8) is 0 Å². The van der Waals surface area contributed by atoms with Gasteiger partial charge in [-0.15, -0.1) is 0 Å². The molecule has 1 aliphatic rings. The Morgan fingerprint density at radius 2 is 2.20 bits per heavy atom. The van der Waals surface area contributed by atoms with Gasteiger partial charge in [0.1, 0.15) is 17.5 Å². The number of thioether (sulfide) groups is 1. The average Bonchev–Trinajstić information content (AvgIpc) is 3.08. The van der Waals surface area contributed by atoms with Gasteiger partial charge in [-0.25, -0.2) is 15.0 Å². The lowest BCUT2D eigenvalue weighted by atomic mass is 9.97. The highest BCUT2D eigenvalue weighted by atomic mass is 32.2. The largest absolute Gasteiger partial charge is 0.383 e. The third kappa shape index (κ3) is 4.43. The van der Waals surface area contributed by atoms with Gasteiger partial charge in [0.25, 0.3) is 0 Å². The molecular formula is C17H27N7S. The van der Waals surface area contributed by atoms with E-state index < -0.39 is 0 Å². The molecule has 0 spiro atoms. The monoisotopic (exact) mass is 361 g/mol. The first-order valence-electron chi connectivity index (χ1n) is 8.66. The summed E-state index contributed by atoms with van der Waals surface area (Å²) in [7, 11) is 4.20. The Morgan fingerprint density at radius 1 is 1.36 bits per heavy atom. The highest BCUT2D eigenvalue weighted by molar-refractivity contribution is 7.98. The summed E-state index contributed by atoms with van der Waals surface area (Å²) in [6.45, 7) is 3.90. The smallest absolute Gasteiger partial charge is 0.191 e. The van der Waals surface area contributed by atoms with Crippen LogP contribution >= 0.6 is 11.8 Å². The first-order chi connectivity index (χ1) is 12.1. The van der Waals surface area contributed by atoms with Gasteiger partial charge in [-0.05, 0) is 33.2 Å². The molecule has 0 bridgehead atoms. The van der Waals surface area contributed by atoms with Crippen LogP contribution in [0.5, 0.6) is 0 Å². The minimum atomic E-state index is 0.417. The molecule has 2 aromatic heterocycles. The van der Waals surface area contributed by atoms with E-state index in [1.54, 1.807) is 0 Å². The maximum Gasteiger partial charge on any atom is 0.191 e. The summed E-state index contributed by atoms with van der Waals surface area (Å²) in [4.78, 5) is 18.1. The summed E-state index contributed by atoms with van der Waals surface area (Å²) in [5.74, 6) is 3.05. The van der Waals surface area contributed by atoms with Gasteiger partial charge in [-0.2, -0.15) is 0 Å². The Labute approximate surface area is 153 Å². The van der Waals surface area contributed by atoms with Crippen molar-refractivity contribution in [2.75, 3.05) is 50.6 Å². The summed E-state index contributed by atoms with van der Waals surface area (Å²) in [5, 5.41) is 0.726. The first-order valence-corrected chi connectivity index (χ1v) is 9.88. The molecule has 136 valence electrons. The number of rotatable bonds is 6. The molecule has 0 amide bonds. The molecule has 1 unspecified atom stereocenters. The second kappa shape index (κ2) is 8.05. The van der Waals surface area contributed by atoms with Crippen molar-refractivity contribution in [1.29, 1.82) is 0 Å². The number of nitrogen functional groups attached to an aromatic ring is 1. The molecular weight excluding hydrogens is 334 g/mol. The number of anilines is 2. The van der Waals surface area contributed by atoms with Crippen molar-refractivity contribution in [2.24, 2.45) is 0 Å². The average molecular weight is 362 g/mol. The van der Waals surface area contributed by atoms with Crippen molar-refractivity contribution < 1.29 is 0 Å². The lowest BCUT2D eigenvalue weighted by Gasteiger charge is -2.33. The second-order valence-electron chi connectivity index (χ2n) is 6.70. The predicted molar refractivity (Wildman–Crippen MR) is 103 cm³/mol. The lowest BCUT2D eigenvalue weighted by Crippen LogP contribution is -2.36. The minimum Gasteiger partial charge on any atom is -0.383 e. The molecule has 8 heteroatoms. The fourth-order valence-corrected chi connectivity index (χ4v) is 3.64. The first kappa shape index (κ1) is 18.0. The van der Waals surface area contributed by atoms with Gasteiger partial charge in [0.15, 0.2) is 5.16 Å². The molecule has 1 saturated heterocycles. The summed E-state index contributed by atoms with van der Waals surface area (Å²) < 4.78 is 2.29. The van der Waals surface area contributed by atoms with Gasteiger partial charge in [0, 0.05) is 50.6 Å². The van der Waals surface area contributed by atoms with Crippen LogP contribution in [0.2, 0.25) is 0 Å². The zero-order chi connectivity index (χ0) is 17.8. The zero-order valence-corrected chi connectivity index (χ0v) is 16.0. The van der Waals surface area contributed by atoms with Crippen LogP contribution in [0.1, 0.15) is 24.6 Å². The number of nitrogens with zero attached hydrogens (tertiary/aromatic N) is 6. The van der Waals surface area contributed by atoms with Crippen LogP contribution in [0, 0.1) is 0 Å². The number of hydrogen-bond donors (Lipinski definition) is 1. The van der Waals surface area contributed by atoms with Gasteiger partial charge in [0.2, 0.25) is 0 Å². The van der Waals surface area contributed by atoms with Crippen LogP contribution in [0.4, 0.5) is 11.6 Å². The van der Waals surface area contributed by atoms with Gasteiger partial charge in [0.05, 0.1) is 0 Å². The van der Waals surface area contributed by atoms with Crippen molar-refractivity contribution in [2.45, 2.75) is 30.5 Å². The number of imidazole rings is 1. The number of likely N-dealkylation sites (N-methyl/N-ethyl adjacent to an activating group) is 1. The van der Waals surface area contributed by atoms with Gasteiger partial charge >= 0.3 is 0 Å². The van der Waals surface area contributed by atoms with Gasteiger partial charge in [-0.1, -0.05) is 11.8 Å². The van der Waals surface area contributed by atoms with E-state index in [1.165, 1.54) is 17.6 Å². The van der Waals surface area contributed by atoms with Crippen LogP contribution in [-0.2, 0) is 6.54 Å². The predicted octanol–water partition coefficient (Wildman–Crippen LogP) is 1.92. The number of aromatic nitrogens is 4. The quantitative estimate of drug-likeness (QED) is 0.622. The van der Waals surface area contributed by atoms with Crippen LogP contribution in [0.3, 0.4) is 0 Å². The summed E-state index contributed by atoms with van der Waals surface area (Å²) in [6.07, 6.45) is 8.26. The molecule has 3 rings (SSSR count). The topological polar surface area (TPSA) is 76.1 Å². The summed E-state index contributed by atoms with van der Waals surface area (Å²) in [6, 6.07) is 1.88. The van der Waals surface area contributed by atoms with E-state index in [-0.39, 0.29) is 0 Å². The fourth-order valence-electron chi connectivity index (χ4n) is 3.26. The van der Waals surface area contributed by atoms with Crippen molar-refractivity contribution >= 4 is 23.4 Å². The van der Waals surface area contributed by atoms with E-state index in [0.29, 0.717) is 11.7 Å².